The Balaban J connectivity index is 1.87. The second-order valence-corrected chi connectivity index (χ2v) is 5.70. The van der Waals surface area contributed by atoms with Gasteiger partial charge >= 0.3 is 7.12 Å². The van der Waals surface area contributed by atoms with Crippen molar-refractivity contribution < 1.29 is 29.4 Å². The Hall–Kier alpha value is -2.71. The van der Waals surface area contributed by atoms with Crippen molar-refractivity contribution >= 4 is 18.5 Å². The number of aromatic hydroxyl groups is 1. The number of aryl methyl sites for hydroxylation is 1. The van der Waals surface area contributed by atoms with Crippen LogP contribution in [0.5, 0.6) is 17.2 Å². The van der Waals surface area contributed by atoms with E-state index in [4.69, 9.17) is 19.5 Å². The minimum atomic E-state index is -1.55. The van der Waals surface area contributed by atoms with Crippen LogP contribution in [0.4, 0.5) is 0 Å². The van der Waals surface area contributed by atoms with Gasteiger partial charge in [-0.2, -0.15) is 0 Å². The number of carbonyl (C=O) groups excluding carboxylic acids is 1. The van der Waals surface area contributed by atoms with Gasteiger partial charge in [0.15, 0.2) is 11.5 Å². The summed E-state index contributed by atoms with van der Waals surface area (Å²) in [6.45, 7) is 0.467. The molecule has 0 fully saturated rings. The summed E-state index contributed by atoms with van der Waals surface area (Å²) in [6.07, 6.45) is 1.36. The van der Waals surface area contributed by atoms with Crippen molar-refractivity contribution in [2.75, 3.05) is 20.8 Å². The van der Waals surface area contributed by atoms with Crippen LogP contribution in [0.3, 0.4) is 0 Å². The number of methoxy groups -OCH3 is 2. The number of phenols is 1. The van der Waals surface area contributed by atoms with E-state index < -0.39 is 7.12 Å². The van der Waals surface area contributed by atoms with Crippen LogP contribution in [-0.2, 0) is 6.42 Å². The lowest BCUT2D eigenvalue weighted by atomic mass is 9.80. The summed E-state index contributed by atoms with van der Waals surface area (Å²) < 4.78 is 10.2. The van der Waals surface area contributed by atoms with Crippen molar-refractivity contribution in [3.8, 4) is 17.2 Å². The average molecular weight is 359 g/mol. The Bertz CT molecular complexity index is 723. The predicted octanol–water partition coefficient (Wildman–Crippen LogP) is 0.452. The number of nitrogens with one attached hydrogen (secondary N) is 1. The Labute approximate surface area is 152 Å². The molecule has 0 heterocycles. The van der Waals surface area contributed by atoms with E-state index >= 15 is 0 Å². The predicted molar refractivity (Wildman–Crippen MR) is 98.1 cm³/mol. The number of phenolic OH excluding ortho intramolecular Hbond substituents is 1. The molecule has 138 valence electrons. The highest BCUT2D eigenvalue weighted by Gasteiger charge is 2.13. The van der Waals surface area contributed by atoms with Gasteiger partial charge in [0, 0.05) is 12.1 Å². The van der Waals surface area contributed by atoms with Crippen LogP contribution >= 0.6 is 0 Å². The highest BCUT2D eigenvalue weighted by molar-refractivity contribution is 6.58. The van der Waals surface area contributed by atoms with Gasteiger partial charge in [-0.25, -0.2) is 0 Å². The van der Waals surface area contributed by atoms with Gasteiger partial charge in [0.2, 0.25) is 5.75 Å². The van der Waals surface area contributed by atoms with E-state index in [1.54, 1.807) is 24.3 Å². The minimum Gasteiger partial charge on any atom is -0.502 e. The number of rotatable bonds is 8. The molecule has 2 rings (SSSR count). The molecule has 0 aromatic heterocycles. The molecule has 0 atom stereocenters. The first kappa shape index (κ1) is 19.6. The zero-order chi connectivity index (χ0) is 19.1. The molecule has 0 aliphatic heterocycles. The van der Waals surface area contributed by atoms with Gasteiger partial charge in [0.25, 0.3) is 5.91 Å². The summed E-state index contributed by atoms with van der Waals surface area (Å²) in [6, 6.07) is 9.54. The lowest BCUT2D eigenvalue weighted by Gasteiger charge is -2.11. The third-order valence-corrected chi connectivity index (χ3v) is 3.94. The molecule has 26 heavy (non-hydrogen) atoms. The van der Waals surface area contributed by atoms with Crippen molar-refractivity contribution in [1.82, 2.24) is 5.32 Å². The van der Waals surface area contributed by atoms with E-state index in [2.05, 4.69) is 5.32 Å². The van der Waals surface area contributed by atoms with E-state index in [1.807, 2.05) is 0 Å². The van der Waals surface area contributed by atoms with Crippen LogP contribution in [0.1, 0.15) is 22.3 Å². The molecule has 0 radical (unpaired) electrons. The van der Waals surface area contributed by atoms with Gasteiger partial charge in [-0.05, 0) is 48.1 Å². The summed E-state index contributed by atoms with van der Waals surface area (Å²) in [7, 11) is 1.39. The Morgan fingerprint density at radius 3 is 2.15 bits per heavy atom. The van der Waals surface area contributed by atoms with Gasteiger partial charge in [-0.3, -0.25) is 4.79 Å². The van der Waals surface area contributed by atoms with Crippen LogP contribution < -0.4 is 20.3 Å². The fourth-order valence-corrected chi connectivity index (χ4v) is 2.50. The van der Waals surface area contributed by atoms with Gasteiger partial charge < -0.3 is 29.9 Å². The van der Waals surface area contributed by atoms with E-state index in [-0.39, 0.29) is 11.7 Å². The minimum absolute atomic E-state index is 0.0384. The molecule has 4 N–H and O–H groups in total. The van der Waals surface area contributed by atoms with Crippen LogP contribution in [0.2, 0.25) is 0 Å². The molecular weight excluding hydrogens is 337 g/mol. The van der Waals surface area contributed by atoms with Gasteiger partial charge in [0.1, 0.15) is 0 Å². The summed E-state index contributed by atoms with van der Waals surface area (Å²) in [5.41, 5.74) is 1.70. The van der Waals surface area contributed by atoms with Gasteiger partial charge in [0.05, 0.1) is 14.2 Å². The van der Waals surface area contributed by atoms with Crippen LogP contribution in [-0.4, -0.2) is 48.9 Å². The molecule has 0 saturated heterocycles. The molecule has 0 spiro atoms. The maximum absolute atomic E-state index is 12.1. The van der Waals surface area contributed by atoms with Crippen LogP contribution in [0.25, 0.3) is 0 Å². The molecule has 0 unspecified atom stereocenters. The second kappa shape index (κ2) is 9.12. The van der Waals surface area contributed by atoms with Crippen molar-refractivity contribution in [2.24, 2.45) is 0 Å². The average Bonchev–Trinajstić information content (AvgIpc) is 2.65. The van der Waals surface area contributed by atoms with Crippen molar-refractivity contribution in [2.45, 2.75) is 12.8 Å². The van der Waals surface area contributed by atoms with Crippen molar-refractivity contribution in [3.63, 3.8) is 0 Å². The van der Waals surface area contributed by atoms with Crippen molar-refractivity contribution in [1.29, 1.82) is 0 Å². The molecule has 7 nitrogen and oxygen atoms in total. The lowest BCUT2D eigenvalue weighted by Crippen LogP contribution is -2.30. The third kappa shape index (κ3) is 4.90. The van der Waals surface area contributed by atoms with Gasteiger partial charge in [-0.1, -0.05) is 12.1 Å². The number of hydrogen-bond acceptors (Lipinski definition) is 6. The van der Waals surface area contributed by atoms with Gasteiger partial charge in [-0.15, -0.1) is 0 Å². The molecule has 1 amide bonds. The SMILES string of the molecule is COc1cc(CCCNC(=O)c2ccc(B(O)O)cc2)cc(OC)c1O. The highest BCUT2D eigenvalue weighted by atomic mass is 16.5. The first-order valence-corrected chi connectivity index (χ1v) is 8.14. The van der Waals surface area contributed by atoms with Crippen LogP contribution in [0, 0.1) is 0 Å². The fourth-order valence-electron chi connectivity index (χ4n) is 2.50. The first-order chi connectivity index (χ1) is 12.5. The van der Waals surface area contributed by atoms with Crippen LogP contribution in [0.15, 0.2) is 36.4 Å². The summed E-state index contributed by atoms with van der Waals surface area (Å²) in [5.74, 6) is 0.414. The lowest BCUT2D eigenvalue weighted by molar-refractivity contribution is 0.0953. The number of amides is 1. The Morgan fingerprint density at radius 2 is 1.65 bits per heavy atom. The largest absolute Gasteiger partial charge is 0.502 e. The van der Waals surface area contributed by atoms with E-state index in [1.165, 1.54) is 26.4 Å². The summed E-state index contributed by atoms with van der Waals surface area (Å²) in [5, 5.41) is 30.8. The van der Waals surface area contributed by atoms with Crippen molar-refractivity contribution in [3.05, 3.63) is 47.5 Å². The Morgan fingerprint density at radius 1 is 1.08 bits per heavy atom. The monoisotopic (exact) mass is 359 g/mol. The normalized spacial score (nSPS) is 10.3. The topological polar surface area (TPSA) is 108 Å². The maximum atomic E-state index is 12.1. The number of benzene rings is 2. The van der Waals surface area contributed by atoms with E-state index in [0.29, 0.717) is 41.9 Å². The molecule has 0 aliphatic carbocycles. The highest BCUT2D eigenvalue weighted by Crippen LogP contribution is 2.37. The first-order valence-electron chi connectivity index (χ1n) is 8.14. The fraction of sp³-hybridized carbons (Fsp3) is 0.278. The number of hydrogen-bond donors (Lipinski definition) is 4. The molecule has 0 bridgehead atoms. The molecule has 0 saturated carbocycles. The number of ether oxygens (including phenoxy) is 2. The smallest absolute Gasteiger partial charge is 0.488 e. The van der Waals surface area contributed by atoms with E-state index in [0.717, 1.165) is 5.56 Å². The Kier molecular flexibility index (Phi) is 6.88. The summed E-state index contributed by atoms with van der Waals surface area (Å²) in [4.78, 5) is 12.1. The second-order valence-electron chi connectivity index (χ2n) is 5.70. The molecular formula is C18H22BNO6. The maximum Gasteiger partial charge on any atom is 0.488 e. The zero-order valence-electron chi connectivity index (χ0n) is 14.7. The quantitative estimate of drug-likeness (QED) is 0.403. The molecule has 8 heteroatoms. The number of carbonyl (C=O) groups is 1. The standard InChI is InChI=1S/C18H22BNO6/c1-25-15-10-12(11-16(26-2)17(15)21)4-3-9-20-18(22)13-5-7-14(8-6-13)19(23)24/h5-8,10-11,21,23-24H,3-4,9H2,1-2H3,(H,20,22). The molecule has 2 aromatic rings. The molecule has 0 aliphatic rings. The summed E-state index contributed by atoms with van der Waals surface area (Å²) >= 11 is 0. The zero-order valence-corrected chi connectivity index (χ0v) is 14.7. The third-order valence-electron chi connectivity index (χ3n) is 3.94. The molecule has 2 aromatic carbocycles. The van der Waals surface area contributed by atoms with E-state index in [9.17, 15) is 9.90 Å².